The minimum absolute atomic E-state index is 0.0586. The minimum Gasteiger partial charge on any atom is -0.273 e. The fourth-order valence-corrected chi connectivity index (χ4v) is 3.40. The maximum absolute atomic E-state index is 13.5. The van der Waals surface area contributed by atoms with E-state index in [1.165, 1.54) is 13.1 Å². The maximum atomic E-state index is 13.5. The Hall–Kier alpha value is -3.42. The Labute approximate surface area is 165 Å². The van der Waals surface area contributed by atoms with Crippen LogP contribution in [-0.2, 0) is 21.2 Å². The maximum Gasteiger partial charge on any atom is 0.416 e. The van der Waals surface area contributed by atoms with Crippen LogP contribution in [0.5, 0.6) is 0 Å². The van der Waals surface area contributed by atoms with Gasteiger partial charge in [-0.05, 0) is 36.2 Å². The van der Waals surface area contributed by atoms with E-state index in [0.29, 0.717) is 5.56 Å². The number of imide groups is 2. The molecular formula is C21H17F3N2O3. The standard InChI is InChI=1S/C21H17F3N2O3/c1-3-13-20(14-7-5-4-6-8-14)17(27)25(2)19(29)26(18(20)28)16-11-9-15(10-12-16)21(22,23)24/h3-12H,1,13H2,2H3. The fraction of sp³-hybridized carbons (Fsp3) is 0.190. The molecule has 0 N–H and O–H groups in total. The van der Waals surface area contributed by atoms with Gasteiger partial charge in [-0.15, -0.1) is 6.58 Å². The number of hydrogen-bond donors (Lipinski definition) is 0. The lowest BCUT2D eigenvalue weighted by molar-refractivity contribution is -0.142. The number of urea groups is 1. The number of benzene rings is 2. The third kappa shape index (κ3) is 3.20. The van der Waals surface area contributed by atoms with E-state index < -0.39 is 35.0 Å². The lowest BCUT2D eigenvalue weighted by Crippen LogP contribution is -2.66. The summed E-state index contributed by atoms with van der Waals surface area (Å²) in [5.41, 5.74) is -2.35. The smallest absolute Gasteiger partial charge is 0.273 e. The van der Waals surface area contributed by atoms with E-state index >= 15 is 0 Å². The Balaban J connectivity index is 2.16. The van der Waals surface area contributed by atoms with Crippen molar-refractivity contribution in [3.63, 3.8) is 0 Å². The Bertz CT molecular complexity index is 971. The molecule has 0 aromatic heterocycles. The van der Waals surface area contributed by atoms with Crippen LogP contribution in [0.1, 0.15) is 17.5 Å². The monoisotopic (exact) mass is 402 g/mol. The highest BCUT2D eigenvalue weighted by atomic mass is 19.4. The van der Waals surface area contributed by atoms with Crippen LogP contribution >= 0.6 is 0 Å². The number of allylic oxidation sites excluding steroid dienone is 1. The summed E-state index contributed by atoms with van der Waals surface area (Å²) in [6.07, 6.45) is -3.24. The summed E-state index contributed by atoms with van der Waals surface area (Å²) < 4.78 is 38.6. The van der Waals surface area contributed by atoms with Gasteiger partial charge in [-0.25, -0.2) is 9.69 Å². The molecule has 1 unspecified atom stereocenters. The summed E-state index contributed by atoms with van der Waals surface area (Å²) in [7, 11) is 1.23. The number of anilines is 1. The zero-order valence-corrected chi connectivity index (χ0v) is 15.4. The first-order chi connectivity index (χ1) is 13.6. The number of alkyl halides is 3. The molecule has 0 spiro atoms. The van der Waals surface area contributed by atoms with Gasteiger partial charge in [0.1, 0.15) is 0 Å². The van der Waals surface area contributed by atoms with Crippen LogP contribution in [0.25, 0.3) is 0 Å². The van der Waals surface area contributed by atoms with Crippen LogP contribution in [0.2, 0.25) is 0 Å². The molecule has 3 rings (SSSR count). The molecule has 0 bridgehead atoms. The highest BCUT2D eigenvalue weighted by Gasteiger charge is 2.57. The predicted molar refractivity (Wildman–Crippen MR) is 100 cm³/mol. The molecule has 4 amide bonds. The highest BCUT2D eigenvalue weighted by molar-refractivity contribution is 6.32. The van der Waals surface area contributed by atoms with Crippen molar-refractivity contribution in [3.05, 3.63) is 78.4 Å². The third-order valence-electron chi connectivity index (χ3n) is 4.89. The molecule has 8 heteroatoms. The van der Waals surface area contributed by atoms with Gasteiger partial charge in [0, 0.05) is 7.05 Å². The molecule has 0 aliphatic carbocycles. The van der Waals surface area contributed by atoms with Gasteiger partial charge in [0.05, 0.1) is 11.3 Å². The lowest BCUT2D eigenvalue weighted by atomic mass is 9.73. The van der Waals surface area contributed by atoms with E-state index in [2.05, 4.69) is 6.58 Å². The molecule has 1 heterocycles. The molecule has 1 aliphatic rings. The first-order valence-electron chi connectivity index (χ1n) is 8.65. The molecule has 1 fully saturated rings. The number of hydrogen-bond acceptors (Lipinski definition) is 3. The number of nitrogens with zero attached hydrogens (tertiary/aromatic N) is 2. The number of likely N-dealkylation sites (N-methyl/N-ethyl adjacent to an activating group) is 1. The third-order valence-corrected chi connectivity index (χ3v) is 4.89. The summed E-state index contributed by atoms with van der Waals surface area (Å²) >= 11 is 0. The molecule has 2 aromatic rings. The second-order valence-corrected chi connectivity index (χ2v) is 6.60. The first kappa shape index (κ1) is 20.3. The molecule has 5 nitrogen and oxygen atoms in total. The van der Waals surface area contributed by atoms with Gasteiger partial charge in [0.25, 0.3) is 11.8 Å². The molecule has 0 saturated carbocycles. The first-order valence-corrected chi connectivity index (χ1v) is 8.65. The number of carbonyl (C=O) groups excluding carboxylic acids is 3. The zero-order chi connectivity index (χ0) is 21.4. The number of carbonyl (C=O) groups is 3. The van der Waals surface area contributed by atoms with Crippen LogP contribution in [0.4, 0.5) is 23.7 Å². The van der Waals surface area contributed by atoms with Crippen molar-refractivity contribution in [2.45, 2.75) is 18.0 Å². The molecule has 0 radical (unpaired) electrons. The van der Waals surface area contributed by atoms with Crippen LogP contribution in [0, 0.1) is 0 Å². The van der Waals surface area contributed by atoms with Crippen LogP contribution in [0.3, 0.4) is 0 Å². The number of amides is 4. The Morgan fingerprint density at radius 2 is 1.55 bits per heavy atom. The Morgan fingerprint density at radius 1 is 0.966 bits per heavy atom. The van der Waals surface area contributed by atoms with Crippen LogP contribution in [-0.4, -0.2) is 29.8 Å². The fourth-order valence-electron chi connectivity index (χ4n) is 3.40. The van der Waals surface area contributed by atoms with Crippen molar-refractivity contribution in [2.75, 3.05) is 11.9 Å². The molecule has 150 valence electrons. The zero-order valence-electron chi connectivity index (χ0n) is 15.4. The van der Waals surface area contributed by atoms with E-state index in [1.54, 1.807) is 30.3 Å². The average Bonchev–Trinajstić information content (AvgIpc) is 2.70. The predicted octanol–water partition coefficient (Wildman–Crippen LogP) is 4.14. The second kappa shape index (κ2) is 7.20. The van der Waals surface area contributed by atoms with Crippen molar-refractivity contribution >= 4 is 23.5 Å². The summed E-state index contributed by atoms with van der Waals surface area (Å²) in [6, 6.07) is 10.9. The number of barbiturate groups is 1. The average molecular weight is 402 g/mol. The molecule has 1 saturated heterocycles. The van der Waals surface area contributed by atoms with E-state index in [9.17, 15) is 27.6 Å². The molecule has 2 aromatic carbocycles. The van der Waals surface area contributed by atoms with Crippen molar-refractivity contribution in [1.82, 2.24) is 4.90 Å². The largest absolute Gasteiger partial charge is 0.416 e. The number of halogens is 3. The topological polar surface area (TPSA) is 57.7 Å². The van der Waals surface area contributed by atoms with Crippen molar-refractivity contribution in [2.24, 2.45) is 0 Å². The van der Waals surface area contributed by atoms with Gasteiger partial charge in [-0.2, -0.15) is 13.2 Å². The summed E-state index contributed by atoms with van der Waals surface area (Å²) in [4.78, 5) is 40.8. The Morgan fingerprint density at radius 3 is 2.07 bits per heavy atom. The quantitative estimate of drug-likeness (QED) is 0.570. The number of rotatable bonds is 4. The van der Waals surface area contributed by atoms with E-state index in [-0.39, 0.29) is 12.1 Å². The molecule has 29 heavy (non-hydrogen) atoms. The van der Waals surface area contributed by atoms with Gasteiger partial charge < -0.3 is 0 Å². The van der Waals surface area contributed by atoms with E-state index in [4.69, 9.17) is 0 Å². The van der Waals surface area contributed by atoms with Crippen molar-refractivity contribution in [3.8, 4) is 0 Å². The lowest BCUT2D eigenvalue weighted by Gasteiger charge is -2.42. The summed E-state index contributed by atoms with van der Waals surface area (Å²) in [5, 5.41) is 0. The molecular weight excluding hydrogens is 385 g/mol. The normalized spacial score (nSPS) is 20.2. The van der Waals surface area contributed by atoms with Crippen molar-refractivity contribution in [1.29, 1.82) is 0 Å². The minimum atomic E-state index is -4.56. The Kier molecular flexibility index (Phi) is 5.04. The van der Waals surface area contributed by atoms with E-state index in [0.717, 1.165) is 34.1 Å². The van der Waals surface area contributed by atoms with Gasteiger partial charge in [-0.3, -0.25) is 14.5 Å². The van der Waals surface area contributed by atoms with Gasteiger partial charge in [0.15, 0.2) is 5.41 Å². The summed E-state index contributed by atoms with van der Waals surface area (Å²) in [5.74, 6) is -1.56. The SMILES string of the molecule is C=CCC1(c2ccccc2)C(=O)N(C)C(=O)N(c2ccc(C(F)(F)F)cc2)C1=O. The van der Waals surface area contributed by atoms with Gasteiger partial charge >= 0.3 is 12.2 Å². The second-order valence-electron chi connectivity index (χ2n) is 6.60. The molecule has 1 atom stereocenters. The molecule has 1 aliphatic heterocycles. The van der Waals surface area contributed by atoms with E-state index in [1.807, 2.05) is 0 Å². The van der Waals surface area contributed by atoms with Crippen LogP contribution < -0.4 is 4.90 Å². The highest BCUT2D eigenvalue weighted by Crippen LogP contribution is 2.39. The van der Waals surface area contributed by atoms with Gasteiger partial charge in [-0.1, -0.05) is 36.4 Å². The summed E-state index contributed by atoms with van der Waals surface area (Å²) in [6.45, 7) is 3.62. The van der Waals surface area contributed by atoms with Crippen LogP contribution in [0.15, 0.2) is 67.3 Å². The van der Waals surface area contributed by atoms with Gasteiger partial charge in [0.2, 0.25) is 0 Å². The van der Waals surface area contributed by atoms with Crippen molar-refractivity contribution < 1.29 is 27.6 Å².